The van der Waals surface area contributed by atoms with Crippen LogP contribution in [-0.2, 0) is 0 Å². The molecule has 1 saturated carbocycles. The van der Waals surface area contributed by atoms with Gasteiger partial charge in [0, 0.05) is 24.2 Å². The van der Waals surface area contributed by atoms with Crippen molar-refractivity contribution in [2.75, 3.05) is 19.7 Å². The summed E-state index contributed by atoms with van der Waals surface area (Å²) in [6.07, 6.45) is 7.32. The Balaban J connectivity index is 2.42. The summed E-state index contributed by atoms with van der Waals surface area (Å²) in [7, 11) is 0. The van der Waals surface area contributed by atoms with Crippen LogP contribution in [0.15, 0.2) is 0 Å². The number of nitrogens with one attached hydrogen (secondary N) is 1. The predicted molar refractivity (Wildman–Crippen MR) is 82.5 cm³/mol. The maximum absolute atomic E-state index is 9.67. The van der Waals surface area contributed by atoms with E-state index >= 15 is 0 Å². The zero-order valence-corrected chi connectivity index (χ0v) is 13.4. The summed E-state index contributed by atoms with van der Waals surface area (Å²) >= 11 is 0. The van der Waals surface area contributed by atoms with E-state index in [2.05, 4.69) is 37.9 Å². The molecule has 0 heterocycles. The number of rotatable bonds is 11. The molecule has 3 heteroatoms. The third-order valence-electron chi connectivity index (χ3n) is 4.44. The lowest BCUT2D eigenvalue weighted by Crippen LogP contribution is -2.50. The van der Waals surface area contributed by atoms with E-state index in [1.54, 1.807) is 0 Å². The third kappa shape index (κ3) is 6.24. The van der Waals surface area contributed by atoms with Crippen molar-refractivity contribution in [3.8, 4) is 0 Å². The minimum atomic E-state index is -0.0981. The molecular weight excluding hydrogens is 236 g/mol. The second kappa shape index (κ2) is 8.23. The fourth-order valence-corrected chi connectivity index (χ4v) is 2.48. The highest BCUT2D eigenvalue weighted by Gasteiger charge is 2.32. The molecule has 0 spiro atoms. The minimum Gasteiger partial charge on any atom is -0.394 e. The van der Waals surface area contributed by atoms with E-state index in [9.17, 15) is 5.11 Å². The van der Waals surface area contributed by atoms with Crippen LogP contribution in [-0.4, -0.2) is 47.3 Å². The van der Waals surface area contributed by atoms with Gasteiger partial charge in [-0.05, 0) is 52.5 Å². The lowest BCUT2D eigenvalue weighted by atomic mass is 9.97. The third-order valence-corrected chi connectivity index (χ3v) is 4.44. The summed E-state index contributed by atoms with van der Waals surface area (Å²) in [4.78, 5) is 2.59. The number of nitrogens with zero attached hydrogens (tertiary/aromatic N) is 1. The van der Waals surface area contributed by atoms with Crippen LogP contribution in [0.1, 0.15) is 66.2 Å². The monoisotopic (exact) mass is 270 g/mol. The molecule has 0 bridgehead atoms. The Kier molecular flexibility index (Phi) is 7.33. The second-order valence-corrected chi connectivity index (χ2v) is 6.53. The normalized spacial score (nSPS) is 20.5. The quantitative estimate of drug-likeness (QED) is 0.606. The van der Waals surface area contributed by atoms with Gasteiger partial charge in [-0.2, -0.15) is 0 Å². The van der Waals surface area contributed by atoms with Crippen molar-refractivity contribution >= 4 is 0 Å². The number of unbranched alkanes of at least 4 members (excludes halogenated alkanes) is 1. The molecular formula is C16H34N2O. The molecule has 3 nitrogen and oxygen atoms in total. The molecule has 1 aliphatic carbocycles. The molecule has 2 atom stereocenters. The van der Waals surface area contributed by atoms with Gasteiger partial charge >= 0.3 is 0 Å². The van der Waals surface area contributed by atoms with Gasteiger partial charge in [0.15, 0.2) is 0 Å². The minimum absolute atomic E-state index is 0.0981. The molecule has 0 aromatic carbocycles. The molecule has 2 N–H and O–H groups in total. The zero-order valence-electron chi connectivity index (χ0n) is 13.4. The maximum atomic E-state index is 9.67. The van der Waals surface area contributed by atoms with Crippen molar-refractivity contribution < 1.29 is 5.11 Å². The fourth-order valence-electron chi connectivity index (χ4n) is 2.48. The molecule has 19 heavy (non-hydrogen) atoms. The standard InChI is InChI=1S/C16H34N2O/c1-5-7-11-18(14(3)6-2)12-10-16(4,13-19)17-15-8-9-15/h14-15,17,19H,5-13H2,1-4H3. The predicted octanol–water partition coefficient (Wildman–Crippen LogP) is 2.78. The van der Waals surface area contributed by atoms with Gasteiger partial charge in [-0.15, -0.1) is 0 Å². The first-order chi connectivity index (χ1) is 9.04. The molecule has 1 aliphatic rings. The summed E-state index contributed by atoms with van der Waals surface area (Å²) in [6, 6.07) is 1.31. The lowest BCUT2D eigenvalue weighted by Gasteiger charge is -2.34. The average Bonchev–Trinajstić information content (AvgIpc) is 3.21. The highest BCUT2D eigenvalue weighted by Crippen LogP contribution is 2.24. The average molecular weight is 270 g/mol. The molecule has 1 fully saturated rings. The molecule has 2 unspecified atom stereocenters. The van der Waals surface area contributed by atoms with Crippen molar-refractivity contribution in [1.82, 2.24) is 10.2 Å². The molecule has 1 rings (SSSR count). The zero-order chi connectivity index (χ0) is 14.3. The van der Waals surface area contributed by atoms with Crippen molar-refractivity contribution in [3.05, 3.63) is 0 Å². The van der Waals surface area contributed by atoms with E-state index in [0.717, 1.165) is 13.0 Å². The molecule has 0 saturated heterocycles. The van der Waals surface area contributed by atoms with Crippen LogP contribution in [0.3, 0.4) is 0 Å². The Labute approximate surface area is 119 Å². The summed E-state index contributed by atoms with van der Waals surface area (Å²) in [6.45, 7) is 11.5. The summed E-state index contributed by atoms with van der Waals surface area (Å²) in [5.41, 5.74) is -0.0981. The van der Waals surface area contributed by atoms with E-state index in [1.807, 2.05) is 0 Å². The van der Waals surface area contributed by atoms with Gasteiger partial charge in [0.25, 0.3) is 0 Å². The Morgan fingerprint density at radius 3 is 2.47 bits per heavy atom. The molecule has 0 aromatic rings. The van der Waals surface area contributed by atoms with Crippen LogP contribution in [0.25, 0.3) is 0 Å². The first-order valence-corrected chi connectivity index (χ1v) is 8.17. The Morgan fingerprint density at radius 2 is 2.00 bits per heavy atom. The first-order valence-electron chi connectivity index (χ1n) is 8.17. The SMILES string of the molecule is CCCCN(CCC(C)(CO)NC1CC1)C(C)CC. The van der Waals surface area contributed by atoms with Crippen LogP contribution in [0, 0.1) is 0 Å². The van der Waals surface area contributed by atoms with Gasteiger partial charge in [-0.1, -0.05) is 20.3 Å². The number of aliphatic hydroxyl groups is 1. The van der Waals surface area contributed by atoms with Crippen molar-refractivity contribution in [1.29, 1.82) is 0 Å². The molecule has 114 valence electrons. The van der Waals surface area contributed by atoms with E-state index < -0.39 is 0 Å². The van der Waals surface area contributed by atoms with Crippen LogP contribution < -0.4 is 5.32 Å². The highest BCUT2D eigenvalue weighted by atomic mass is 16.3. The first kappa shape index (κ1) is 16.9. The van der Waals surface area contributed by atoms with Gasteiger partial charge in [0.2, 0.25) is 0 Å². The van der Waals surface area contributed by atoms with E-state index in [0.29, 0.717) is 12.1 Å². The van der Waals surface area contributed by atoms with Crippen LogP contribution in [0.2, 0.25) is 0 Å². The van der Waals surface area contributed by atoms with E-state index in [4.69, 9.17) is 0 Å². The Morgan fingerprint density at radius 1 is 1.32 bits per heavy atom. The van der Waals surface area contributed by atoms with Crippen molar-refractivity contribution in [2.45, 2.75) is 83.8 Å². The van der Waals surface area contributed by atoms with Gasteiger partial charge in [-0.25, -0.2) is 0 Å². The Bertz CT molecular complexity index is 243. The smallest absolute Gasteiger partial charge is 0.0611 e. The number of hydrogen-bond donors (Lipinski definition) is 2. The van der Waals surface area contributed by atoms with E-state index in [1.165, 1.54) is 38.6 Å². The van der Waals surface area contributed by atoms with Crippen molar-refractivity contribution in [2.24, 2.45) is 0 Å². The molecule has 0 aliphatic heterocycles. The highest BCUT2D eigenvalue weighted by molar-refractivity contribution is 4.93. The van der Waals surface area contributed by atoms with Gasteiger partial charge in [0.05, 0.1) is 6.61 Å². The van der Waals surface area contributed by atoms with Crippen LogP contribution in [0.5, 0.6) is 0 Å². The molecule has 0 radical (unpaired) electrons. The number of hydrogen-bond acceptors (Lipinski definition) is 3. The number of aliphatic hydroxyl groups excluding tert-OH is 1. The molecule has 0 amide bonds. The Hall–Kier alpha value is -0.120. The van der Waals surface area contributed by atoms with Gasteiger partial charge in [-0.3, -0.25) is 0 Å². The lowest BCUT2D eigenvalue weighted by molar-refractivity contribution is 0.127. The van der Waals surface area contributed by atoms with Gasteiger partial charge in [0.1, 0.15) is 0 Å². The largest absolute Gasteiger partial charge is 0.394 e. The summed E-state index contributed by atoms with van der Waals surface area (Å²) in [5.74, 6) is 0. The molecule has 0 aromatic heterocycles. The van der Waals surface area contributed by atoms with Crippen LogP contribution >= 0.6 is 0 Å². The summed E-state index contributed by atoms with van der Waals surface area (Å²) < 4.78 is 0. The van der Waals surface area contributed by atoms with E-state index in [-0.39, 0.29) is 12.1 Å². The topological polar surface area (TPSA) is 35.5 Å². The second-order valence-electron chi connectivity index (χ2n) is 6.53. The summed E-state index contributed by atoms with van der Waals surface area (Å²) in [5, 5.41) is 13.3. The maximum Gasteiger partial charge on any atom is 0.0611 e. The van der Waals surface area contributed by atoms with Gasteiger partial charge < -0.3 is 15.3 Å². The van der Waals surface area contributed by atoms with Crippen LogP contribution in [0.4, 0.5) is 0 Å². The van der Waals surface area contributed by atoms with Crippen molar-refractivity contribution in [3.63, 3.8) is 0 Å². The fraction of sp³-hybridized carbons (Fsp3) is 1.00.